The topological polar surface area (TPSA) is 9.23 Å². The molecule has 1 aliphatic rings. The fraction of sp³-hybridized carbons (Fsp3) is 0.625. The van der Waals surface area contributed by atoms with Crippen LogP contribution < -0.4 is 5.19 Å². The van der Waals surface area contributed by atoms with Gasteiger partial charge in [0.2, 0.25) is 8.32 Å². The lowest BCUT2D eigenvalue weighted by Gasteiger charge is -2.49. The van der Waals surface area contributed by atoms with Gasteiger partial charge in [-0.25, -0.2) is 0 Å². The molecule has 0 saturated carbocycles. The first-order valence-corrected chi connectivity index (χ1v) is 12.7. The molecule has 0 bridgehead atoms. The lowest BCUT2D eigenvalue weighted by atomic mass is 10.2. The molecule has 106 valence electrons. The van der Waals surface area contributed by atoms with E-state index in [0.29, 0.717) is 11.1 Å². The van der Waals surface area contributed by atoms with Crippen LogP contribution in [0.4, 0.5) is 0 Å². The third kappa shape index (κ3) is 2.48. The molecule has 1 heterocycles. The van der Waals surface area contributed by atoms with Gasteiger partial charge in [-0.05, 0) is 47.9 Å². The Morgan fingerprint density at radius 2 is 1.63 bits per heavy atom. The van der Waals surface area contributed by atoms with Crippen molar-refractivity contribution in [1.29, 1.82) is 0 Å². The minimum absolute atomic E-state index is 0.689. The summed E-state index contributed by atoms with van der Waals surface area (Å²) in [4.78, 5) is 0. The van der Waals surface area contributed by atoms with E-state index in [4.69, 9.17) is 4.12 Å². The summed E-state index contributed by atoms with van der Waals surface area (Å²) in [6.07, 6.45) is 0. The number of rotatable bonds is 2. The molecule has 0 saturated heterocycles. The lowest BCUT2D eigenvalue weighted by molar-refractivity contribution is 0.492. The highest BCUT2D eigenvalue weighted by Gasteiger charge is 2.50. The zero-order valence-corrected chi connectivity index (χ0v) is 15.5. The molecule has 0 atom stereocenters. The van der Waals surface area contributed by atoms with Gasteiger partial charge in [0.25, 0.3) is 0 Å². The highest BCUT2D eigenvalue weighted by molar-refractivity contribution is 6.95. The Morgan fingerprint density at radius 3 is 2.16 bits per heavy atom. The molecule has 3 heteroatoms. The lowest BCUT2D eigenvalue weighted by Crippen LogP contribution is -2.64. The van der Waals surface area contributed by atoms with Gasteiger partial charge in [0.15, 0.2) is 8.32 Å². The first-order chi connectivity index (χ1) is 8.69. The Kier molecular flexibility index (Phi) is 3.84. The Labute approximate surface area is 120 Å². The molecule has 0 N–H and O–H groups in total. The van der Waals surface area contributed by atoms with Crippen molar-refractivity contribution in [1.82, 2.24) is 0 Å². The average Bonchev–Trinajstić information content (AvgIpc) is 2.28. The van der Waals surface area contributed by atoms with Crippen molar-refractivity contribution in [3.8, 4) is 0 Å². The summed E-state index contributed by atoms with van der Waals surface area (Å²) in [5.74, 6) is 0. The van der Waals surface area contributed by atoms with E-state index in [1.54, 1.807) is 5.56 Å². The normalized spacial score (nSPS) is 20.7. The molecule has 1 aromatic carbocycles. The fourth-order valence-electron chi connectivity index (χ4n) is 3.58. The Balaban J connectivity index is 2.56. The van der Waals surface area contributed by atoms with Gasteiger partial charge in [0, 0.05) is 0 Å². The highest BCUT2D eigenvalue weighted by atomic mass is 28.4. The van der Waals surface area contributed by atoms with Crippen LogP contribution >= 0.6 is 0 Å². The Hall–Kier alpha value is -0.386. The molecule has 0 unspecified atom stereocenters. The summed E-state index contributed by atoms with van der Waals surface area (Å²) in [6.45, 7) is 16.4. The number of benzene rings is 1. The number of hydrogen-bond acceptors (Lipinski definition) is 1. The molecular weight excluding hydrogens is 264 g/mol. The van der Waals surface area contributed by atoms with Crippen LogP contribution in [0.15, 0.2) is 18.2 Å². The molecule has 0 fully saturated rings. The van der Waals surface area contributed by atoms with Gasteiger partial charge in [0.05, 0.1) is 0 Å². The molecule has 0 aromatic heterocycles. The molecule has 0 aliphatic carbocycles. The SMILES string of the molecule is Cc1ccc2c(c1)[Si](C)(C)O[Si](C(C)C)(C(C)C)C2. The van der Waals surface area contributed by atoms with Crippen LogP contribution in [-0.4, -0.2) is 16.6 Å². The third-order valence-corrected chi connectivity index (χ3v) is 14.9. The minimum Gasteiger partial charge on any atom is -0.451 e. The van der Waals surface area contributed by atoms with Crippen molar-refractivity contribution >= 4 is 21.8 Å². The van der Waals surface area contributed by atoms with Crippen molar-refractivity contribution in [2.45, 2.75) is 64.8 Å². The predicted octanol–water partition coefficient (Wildman–Crippen LogP) is 4.28. The van der Waals surface area contributed by atoms with Crippen LogP contribution in [0.2, 0.25) is 24.2 Å². The maximum atomic E-state index is 6.94. The molecule has 0 spiro atoms. The molecule has 1 nitrogen and oxygen atoms in total. The quantitative estimate of drug-likeness (QED) is 0.739. The van der Waals surface area contributed by atoms with E-state index < -0.39 is 16.6 Å². The van der Waals surface area contributed by atoms with Crippen LogP contribution in [0, 0.1) is 6.92 Å². The zero-order chi connectivity index (χ0) is 14.4. The van der Waals surface area contributed by atoms with E-state index in [1.165, 1.54) is 16.8 Å². The van der Waals surface area contributed by atoms with Crippen LogP contribution in [0.1, 0.15) is 38.8 Å². The van der Waals surface area contributed by atoms with Crippen molar-refractivity contribution in [3.63, 3.8) is 0 Å². The predicted molar refractivity (Wildman–Crippen MR) is 89.0 cm³/mol. The van der Waals surface area contributed by atoms with Gasteiger partial charge in [0.1, 0.15) is 0 Å². The summed E-state index contributed by atoms with van der Waals surface area (Å²) in [5.41, 5.74) is 4.33. The molecule has 0 amide bonds. The van der Waals surface area contributed by atoms with E-state index >= 15 is 0 Å². The van der Waals surface area contributed by atoms with Crippen molar-refractivity contribution in [2.24, 2.45) is 0 Å². The van der Waals surface area contributed by atoms with Gasteiger partial charge in [-0.15, -0.1) is 0 Å². The maximum absolute atomic E-state index is 6.94. The van der Waals surface area contributed by atoms with Crippen LogP contribution in [-0.2, 0) is 10.2 Å². The first-order valence-electron chi connectivity index (χ1n) is 7.49. The third-order valence-electron chi connectivity index (χ3n) is 4.78. The van der Waals surface area contributed by atoms with Crippen molar-refractivity contribution in [2.75, 3.05) is 0 Å². The van der Waals surface area contributed by atoms with Crippen molar-refractivity contribution < 1.29 is 4.12 Å². The van der Waals surface area contributed by atoms with Crippen LogP contribution in [0.25, 0.3) is 0 Å². The van der Waals surface area contributed by atoms with Gasteiger partial charge in [-0.1, -0.05) is 51.5 Å². The van der Waals surface area contributed by atoms with E-state index in [0.717, 1.165) is 0 Å². The van der Waals surface area contributed by atoms with E-state index in [1.807, 2.05) is 0 Å². The smallest absolute Gasteiger partial charge is 0.206 e. The monoisotopic (exact) mass is 292 g/mol. The molecule has 19 heavy (non-hydrogen) atoms. The van der Waals surface area contributed by atoms with Gasteiger partial charge in [-0.2, -0.15) is 0 Å². The van der Waals surface area contributed by atoms with Crippen molar-refractivity contribution in [3.05, 3.63) is 29.3 Å². The maximum Gasteiger partial charge on any atom is 0.206 e. The summed E-state index contributed by atoms with van der Waals surface area (Å²) in [6, 6.07) is 8.22. The summed E-state index contributed by atoms with van der Waals surface area (Å²) in [7, 11) is -3.42. The molecule has 0 radical (unpaired) electrons. The Morgan fingerprint density at radius 1 is 1.05 bits per heavy atom. The summed E-state index contributed by atoms with van der Waals surface area (Å²) >= 11 is 0. The van der Waals surface area contributed by atoms with E-state index in [-0.39, 0.29) is 0 Å². The number of hydrogen-bond donors (Lipinski definition) is 0. The number of aryl methyl sites for hydroxylation is 1. The average molecular weight is 293 g/mol. The molecule has 2 rings (SSSR count). The van der Waals surface area contributed by atoms with Gasteiger partial charge >= 0.3 is 0 Å². The van der Waals surface area contributed by atoms with Crippen LogP contribution in [0.3, 0.4) is 0 Å². The minimum atomic E-state index is -1.74. The van der Waals surface area contributed by atoms with Gasteiger partial charge in [-0.3, -0.25) is 0 Å². The molecular formula is C16H28OSi2. The second kappa shape index (κ2) is 4.86. The van der Waals surface area contributed by atoms with E-state index in [9.17, 15) is 0 Å². The largest absolute Gasteiger partial charge is 0.451 e. The first kappa shape index (κ1) is 15.0. The molecule has 1 aliphatic heterocycles. The second-order valence-corrected chi connectivity index (χ2v) is 16.2. The Bertz CT molecular complexity index is 470. The van der Waals surface area contributed by atoms with Gasteiger partial charge < -0.3 is 4.12 Å². The second-order valence-electron chi connectivity index (χ2n) is 7.21. The standard InChI is InChI=1S/C16H28OSi2/c1-12(2)19(13(3)4)11-15-9-8-14(5)10-16(15)18(6,7)17-19/h8-10,12-13H,11H2,1-7H3. The molecule has 1 aromatic rings. The summed E-state index contributed by atoms with van der Waals surface area (Å²) < 4.78 is 6.94. The van der Waals surface area contributed by atoms with E-state index in [2.05, 4.69) is 65.9 Å². The number of fused-ring (bicyclic) bond motifs is 1. The highest BCUT2D eigenvalue weighted by Crippen LogP contribution is 2.41. The zero-order valence-electron chi connectivity index (χ0n) is 13.5. The fourth-order valence-corrected chi connectivity index (χ4v) is 14.7. The van der Waals surface area contributed by atoms with Crippen LogP contribution in [0.5, 0.6) is 0 Å². The summed E-state index contributed by atoms with van der Waals surface area (Å²) in [5, 5.41) is 1.54.